The molecule has 0 aromatic rings. The van der Waals surface area contributed by atoms with Gasteiger partial charge in [0, 0.05) is 26.2 Å². The van der Waals surface area contributed by atoms with Crippen molar-refractivity contribution >= 4 is 0 Å². The van der Waals surface area contributed by atoms with Crippen LogP contribution in [0.1, 0.15) is 79.1 Å². The van der Waals surface area contributed by atoms with Gasteiger partial charge in [-0.2, -0.15) is 0 Å². The van der Waals surface area contributed by atoms with E-state index in [9.17, 15) is 0 Å². The Bertz CT molecular complexity index is 328. The molecule has 24 heavy (non-hydrogen) atoms. The second-order valence-electron chi connectivity index (χ2n) is 9.37. The maximum absolute atomic E-state index is 2.76. The molecule has 0 spiro atoms. The maximum atomic E-state index is 2.76. The minimum atomic E-state index is 0.820. The molecular formula is C22H44N2. The highest BCUT2D eigenvalue weighted by Crippen LogP contribution is 2.25. The van der Waals surface area contributed by atoms with Crippen molar-refractivity contribution in [3.63, 3.8) is 0 Å². The highest BCUT2D eigenvalue weighted by Gasteiger charge is 2.22. The van der Waals surface area contributed by atoms with Gasteiger partial charge in [-0.1, -0.05) is 40.5 Å². The summed E-state index contributed by atoms with van der Waals surface area (Å²) >= 11 is 0. The molecule has 1 unspecified atom stereocenters. The number of hydrogen-bond acceptors (Lipinski definition) is 2. The van der Waals surface area contributed by atoms with Crippen LogP contribution in [0.2, 0.25) is 0 Å². The molecule has 0 N–H and O–H groups in total. The number of nitrogens with zero attached hydrogens (tertiary/aromatic N) is 2. The second-order valence-corrected chi connectivity index (χ2v) is 9.37. The van der Waals surface area contributed by atoms with Crippen LogP contribution in [-0.4, -0.2) is 49.1 Å². The largest absolute Gasteiger partial charge is 0.303 e. The number of rotatable bonds is 9. The minimum Gasteiger partial charge on any atom is -0.303 e. The Morgan fingerprint density at radius 1 is 0.875 bits per heavy atom. The van der Waals surface area contributed by atoms with Crippen molar-refractivity contribution in [1.82, 2.24) is 9.80 Å². The summed E-state index contributed by atoms with van der Waals surface area (Å²) in [7, 11) is 0. The first-order valence-electron chi connectivity index (χ1n) is 11.0. The van der Waals surface area contributed by atoms with E-state index < -0.39 is 0 Å². The maximum Gasteiger partial charge on any atom is 0.000978 e. The predicted molar refractivity (Wildman–Crippen MR) is 106 cm³/mol. The zero-order valence-corrected chi connectivity index (χ0v) is 17.1. The van der Waals surface area contributed by atoms with Crippen LogP contribution in [0.4, 0.5) is 0 Å². The summed E-state index contributed by atoms with van der Waals surface area (Å²) in [5.41, 5.74) is 0. The summed E-state index contributed by atoms with van der Waals surface area (Å²) in [5, 5.41) is 0. The van der Waals surface area contributed by atoms with E-state index in [2.05, 4.69) is 37.5 Å². The molecule has 0 saturated carbocycles. The van der Waals surface area contributed by atoms with Crippen molar-refractivity contribution in [2.24, 2.45) is 23.7 Å². The van der Waals surface area contributed by atoms with Gasteiger partial charge in [0.1, 0.15) is 0 Å². The van der Waals surface area contributed by atoms with Gasteiger partial charge in [-0.15, -0.1) is 0 Å². The molecule has 2 saturated heterocycles. The number of likely N-dealkylation sites (tertiary alicyclic amines) is 2. The minimum absolute atomic E-state index is 0.820. The number of hydrogen-bond donors (Lipinski definition) is 0. The Kier molecular flexibility index (Phi) is 9.11. The van der Waals surface area contributed by atoms with Crippen LogP contribution in [0.3, 0.4) is 0 Å². The van der Waals surface area contributed by atoms with Gasteiger partial charge in [0.15, 0.2) is 0 Å². The third-order valence-corrected chi connectivity index (χ3v) is 6.29. The van der Waals surface area contributed by atoms with Crippen LogP contribution in [-0.2, 0) is 0 Å². The molecule has 2 heterocycles. The highest BCUT2D eigenvalue weighted by atomic mass is 15.1. The summed E-state index contributed by atoms with van der Waals surface area (Å²) in [6.45, 7) is 17.7. The molecule has 0 amide bonds. The lowest BCUT2D eigenvalue weighted by molar-refractivity contribution is 0.140. The van der Waals surface area contributed by atoms with Crippen LogP contribution >= 0.6 is 0 Å². The molecular weight excluding hydrogens is 292 g/mol. The summed E-state index contributed by atoms with van der Waals surface area (Å²) in [5.74, 6) is 3.65. The third kappa shape index (κ3) is 7.44. The van der Waals surface area contributed by atoms with E-state index in [1.54, 1.807) is 0 Å². The fraction of sp³-hybridized carbons (Fsp3) is 1.00. The molecule has 0 radical (unpaired) electrons. The molecule has 2 fully saturated rings. The van der Waals surface area contributed by atoms with E-state index in [0.29, 0.717) is 0 Å². The highest BCUT2D eigenvalue weighted by molar-refractivity contribution is 4.76. The fourth-order valence-corrected chi connectivity index (χ4v) is 5.01. The summed E-state index contributed by atoms with van der Waals surface area (Å²) < 4.78 is 0. The van der Waals surface area contributed by atoms with Gasteiger partial charge in [-0.25, -0.2) is 0 Å². The van der Waals surface area contributed by atoms with E-state index in [1.807, 2.05) is 0 Å². The predicted octanol–water partition coefficient (Wildman–Crippen LogP) is 5.28. The van der Waals surface area contributed by atoms with E-state index >= 15 is 0 Å². The lowest BCUT2D eigenvalue weighted by atomic mass is 9.90. The zero-order chi connectivity index (χ0) is 17.4. The van der Waals surface area contributed by atoms with E-state index in [0.717, 1.165) is 23.7 Å². The second kappa shape index (κ2) is 10.8. The Morgan fingerprint density at radius 2 is 1.50 bits per heavy atom. The monoisotopic (exact) mass is 336 g/mol. The lowest BCUT2D eigenvalue weighted by Crippen LogP contribution is -2.38. The van der Waals surface area contributed by atoms with Gasteiger partial charge in [-0.3, -0.25) is 0 Å². The van der Waals surface area contributed by atoms with E-state index in [1.165, 1.54) is 90.6 Å². The van der Waals surface area contributed by atoms with Crippen LogP contribution in [0.15, 0.2) is 0 Å². The molecule has 3 atom stereocenters. The first-order valence-corrected chi connectivity index (χ1v) is 11.0. The van der Waals surface area contributed by atoms with Crippen LogP contribution < -0.4 is 0 Å². The first-order chi connectivity index (χ1) is 11.6. The SMILES string of the molecule is CC[C@H]1CCCN(CC(C)CCC[C@@H]2CCCN(CC(C)C)C2)C1. The van der Waals surface area contributed by atoms with Crippen molar-refractivity contribution in [3.05, 3.63) is 0 Å². The van der Waals surface area contributed by atoms with Crippen LogP contribution in [0, 0.1) is 23.7 Å². The summed E-state index contributed by atoms with van der Waals surface area (Å²) in [6.07, 6.45) is 11.5. The van der Waals surface area contributed by atoms with Crippen molar-refractivity contribution in [2.45, 2.75) is 79.1 Å². The van der Waals surface area contributed by atoms with Crippen molar-refractivity contribution in [3.8, 4) is 0 Å². The molecule has 2 aliphatic rings. The smallest absolute Gasteiger partial charge is 0.000978 e. The number of piperidine rings is 2. The molecule has 0 aromatic carbocycles. The van der Waals surface area contributed by atoms with Gasteiger partial charge < -0.3 is 9.80 Å². The first kappa shape index (κ1) is 20.2. The Labute approximate surface area is 152 Å². The van der Waals surface area contributed by atoms with E-state index in [-0.39, 0.29) is 0 Å². The molecule has 2 aliphatic heterocycles. The molecule has 2 heteroatoms. The summed E-state index contributed by atoms with van der Waals surface area (Å²) in [4.78, 5) is 5.48. The van der Waals surface area contributed by atoms with E-state index in [4.69, 9.17) is 0 Å². The Balaban J connectivity index is 1.59. The fourth-order valence-electron chi connectivity index (χ4n) is 5.01. The molecule has 2 nitrogen and oxygen atoms in total. The lowest BCUT2D eigenvalue weighted by Gasteiger charge is -2.35. The normalized spacial score (nSPS) is 28.4. The topological polar surface area (TPSA) is 6.48 Å². The molecule has 2 rings (SSSR count). The van der Waals surface area contributed by atoms with Gasteiger partial charge in [0.05, 0.1) is 0 Å². The van der Waals surface area contributed by atoms with Crippen LogP contribution in [0.5, 0.6) is 0 Å². The van der Waals surface area contributed by atoms with Gasteiger partial charge in [-0.05, 0) is 75.3 Å². The van der Waals surface area contributed by atoms with Crippen molar-refractivity contribution < 1.29 is 0 Å². The molecule has 0 aliphatic carbocycles. The molecule has 142 valence electrons. The Hall–Kier alpha value is -0.0800. The van der Waals surface area contributed by atoms with Gasteiger partial charge >= 0.3 is 0 Å². The third-order valence-electron chi connectivity index (χ3n) is 6.29. The zero-order valence-electron chi connectivity index (χ0n) is 17.1. The standard InChI is InChI=1S/C22H44N2/c1-5-21-11-7-14-24(17-21)16-20(4)9-6-10-22-12-8-13-23(18-22)15-19(2)3/h19-22H,5-18H2,1-4H3/t20?,21-,22+/m0/s1. The van der Waals surface area contributed by atoms with Crippen molar-refractivity contribution in [1.29, 1.82) is 0 Å². The average Bonchev–Trinajstić information content (AvgIpc) is 2.55. The quantitative estimate of drug-likeness (QED) is 0.565. The Morgan fingerprint density at radius 3 is 2.17 bits per heavy atom. The molecule has 0 bridgehead atoms. The average molecular weight is 337 g/mol. The molecule has 0 aromatic heterocycles. The van der Waals surface area contributed by atoms with Gasteiger partial charge in [0.25, 0.3) is 0 Å². The van der Waals surface area contributed by atoms with Crippen LogP contribution in [0.25, 0.3) is 0 Å². The van der Waals surface area contributed by atoms with Gasteiger partial charge in [0.2, 0.25) is 0 Å². The summed E-state index contributed by atoms with van der Waals surface area (Å²) in [6, 6.07) is 0. The van der Waals surface area contributed by atoms with Crippen molar-refractivity contribution in [2.75, 3.05) is 39.3 Å².